The molecule has 27 heavy (non-hydrogen) atoms. The number of rotatable bonds is 4. The van der Waals surface area contributed by atoms with Crippen LogP contribution in [0.25, 0.3) is 22.7 Å². The molecule has 1 N–H and O–H groups in total. The number of nitrogens with one attached hydrogen (secondary N) is 1. The van der Waals surface area contributed by atoms with E-state index < -0.39 is 5.56 Å². The van der Waals surface area contributed by atoms with Crippen molar-refractivity contribution in [2.45, 2.75) is 0 Å². The summed E-state index contributed by atoms with van der Waals surface area (Å²) in [6.45, 7) is 3.77. The third kappa shape index (κ3) is 3.23. The molecule has 3 rings (SSSR count). The van der Waals surface area contributed by atoms with E-state index in [-0.39, 0.29) is 20.2 Å². The Balaban J connectivity index is 2.48. The van der Waals surface area contributed by atoms with Crippen molar-refractivity contribution in [3.63, 3.8) is 0 Å². The van der Waals surface area contributed by atoms with Gasteiger partial charge in [0.25, 0.3) is 5.56 Å². The van der Waals surface area contributed by atoms with Crippen molar-refractivity contribution < 1.29 is 9.47 Å². The number of hydrogen-bond donors (Lipinski definition) is 1. The summed E-state index contributed by atoms with van der Waals surface area (Å²) in [6.07, 6.45) is 1.56. The summed E-state index contributed by atoms with van der Waals surface area (Å²) >= 11 is 24.1. The second-order valence-electron chi connectivity index (χ2n) is 5.44. The molecule has 0 aliphatic heterocycles. The Hall–Kier alpha value is -1.99. The van der Waals surface area contributed by atoms with Crippen LogP contribution in [-0.4, -0.2) is 23.8 Å². The topological polar surface area (TPSA) is 56.2 Å². The molecule has 0 fully saturated rings. The first-order chi connectivity index (χ1) is 12.8. The zero-order valence-corrected chi connectivity index (χ0v) is 17.3. The number of ether oxygens (including phenoxy) is 2. The summed E-state index contributed by atoms with van der Waals surface area (Å²) in [6, 6.07) is 4.56. The molecule has 3 aromatic rings. The quantitative estimate of drug-likeness (QED) is 0.528. The average Bonchev–Trinajstić information content (AvgIpc) is 2.62. The highest BCUT2D eigenvalue weighted by atomic mass is 35.5. The van der Waals surface area contributed by atoms with Crippen molar-refractivity contribution in [3.05, 3.63) is 60.5 Å². The fourth-order valence-electron chi connectivity index (χ4n) is 2.78. The maximum absolute atomic E-state index is 13.3. The van der Waals surface area contributed by atoms with Crippen molar-refractivity contribution in [1.82, 2.24) is 9.55 Å². The summed E-state index contributed by atoms with van der Waals surface area (Å²) in [5.74, 6) is 0.821. The average molecular weight is 444 g/mol. The largest absolute Gasteiger partial charge is 0.496 e. The summed E-state index contributed by atoms with van der Waals surface area (Å²) in [4.78, 5) is 16.3. The van der Waals surface area contributed by atoms with E-state index in [0.29, 0.717) is 33.3 Å². The molecule has 0 spiro atoms. The monoisotopic (exact) mass is 442 g/mol. The summed E-state index contributed by atoms with van der Waals surface area (Å²) in [5.41, 5.74) is 0.874. The Morgan fingerprint density at radius 3 is 2.33 bits per heavy atom. The van der Waals surface area contributed by atoms with Gasteiger partial charge in [0, 0.05) is 17.7 Å². The van der Waals surface area contributed by atoms with Gasteiger partial charge in [0.2, 0.25) is 0 Å². The molecule has 0 unspecified atom stereocenters. The van der Waals surface area contributed by atoms with E-state index >= 15 is 0 Å². The smallest absolute Gasteiger partial charge is 0.268 e. The van der Waals surface area contributed by atoms with Gasteiger partial charge >= 0.3 is 0 Å². The maximum Gasteiger partial charge on any atom is 0.268 e. The van der Waals surface area contributed by atoms with Gasteiger partial charge in [-0.1, -0.05) is 47.5 Å². The normalized spacial score (nSPS) is 10.9. The summed E-state index contributed by atoms with van der Waals surface area (Å²) < 4.78 is 11.9. The molecule has 0 amide bonds. The first-order valence-corrected chi connectivity index (χ1v) is 9.09. The number of aromatic amines is 1. The SMILES string of the molecule is C=Cc1c(OC)cc(Cl)c2c(=O)n(-c3cc(OC)c(Cl)cc3Cl)c(=S)[nH]c12. The van der Waals surface area contributed by atoms with Gasteiger partial charge in [-0.3, -0.25) is 9.36 Å². The van der Waals surface area contributed by atoms with Gasteiger partial charge in [0.1, 0.15) is 11.5 Å². The van der Waals surface area contributed by atoms with Gasteiger partial charge in [-0.05, 0) is 18.3 Å². The van der Waals surface area contributed by atoms with E-state index in [2.05, 4.69) is 11.6 Å². The Morgan fingerprint density at radius 1 is 1.07 bits per heavy atom. The molecule has 0 atom stereocenters. The van der Waals surface area contributed by atoms with E-state index in [0.717, 1.165) is 0 Å². The lowest BCUT2D eigenvalue weighted by Gasteiger charge is -2.15. The van der Waals surface area contributed by atoms with Gasteiger partial charge in [-0.15, -0.1) is 0 Å². The van der Waals surface area contributed by atoms with Crippen LogP contribution >= 0.6 is 47.0 Å². The number of fused-ring (bicyclic) bond motifs is 1. The molecular formula is C18H13Cl3N2O3S. The lowest BCUT2D eigenvalue weighted by atomic mass is 10.1. The highest BCUT2D eigenvalue weighted by molar-refractivity contribution is 7.71. The number of H-pyrrole nitrogens is 1. The second kappa shape index (κ2) is 7.56. The van der Waals surface area contributed by atoms with Crippen LogP contribution in [0.3, 0.4) is 0 Å². The molecule has 0 aliphatic carbocycles. The van der Waals surface area contributed by atoms with Gasteiger partial charge in [0.15, 0.2) is 4.77 Å². The van der Waals surface area contributed by atoms with Crippen LogP contribution in [0.5, 0.6) is 11.5 Å². The Bertz CT molecular complexity index is 1200. The van der Waals surface area contributed by atoms with Crippen LogP contribution in [0.2, 0.25) is 15.1 Å². The maximum atomic E-state index is 13.3. The molecule has 0 bridgehead atoms. The van der Waals surface area contributed by atoms with Crippen molar-refractivity contribution in [2.75, 3.05) is 14.2 Å². The molecule has 140 valence electrons. The zero-order chi connectivity index (χ0) is 19.9. The predicted octanol–water partition coefficient (Wildman–Crippen LogP) is 5.67. The molecule has 1 heterocycles. The molecule has 0 saturated carbocycles. The Kier molecular flexibility index (Phi) is 5.53. The van der Waals surface area contributed by atoms with Gasteiger partial charge in [0.05, 0.1) is 45.9 Å². The van der Waals surface area contributed by atoms with Crippen molar-refractivity contribution in [3.8, 4) is 17.2 Å². The van der Waals surface area contributed by atoms with Crippen LogP contribution in [-0.2, 0) is 0 Å². The molecule has 0 radical (unpaired) electrons. The zero-order valence-electron chi connectivity index (χ0n) is 14.2. The lowest BCUT2D eigenvalue weighted by molar-refractivity contribution is 0.414. The van der Waals surface area contributed by atoms with Crippen molar-refractivity contribution in [2.24, 2.45) is 0 Å². The molecule has 9 heteroatoms. The molecular weight excluding hydrogens is 431 g/mol. The molecule has 0 aliphatic rings. The lowest BCUT2D eigenvalue weighted by Crippen LogP contribution is -2.21. The standard InChI is InChI=1S/C18H13Cl3N2O3S/c1-4-8-13(25-2)6-11(21)15-16(8)22-18(27)23(17(15)24)12-7-14(26-3)10(20)5-9(12)19/h4-7H,1H2,2-3H3,(H,22,27). The fourth-order valence-corrected chi connectivity index (χ4v) is 3.89. The highest BCUT2D eigenvalue weighted by Crippen LogP contribution is 2.35. The summed E-state index contributed by atoms with van der Waals surface area (Å²) in [7, 11) is 2.96. The highest BCUT2D eigenvalue weighted by Gasteiger charge is 2.19. The van der Waals surface area contributed by atoms with Gasteiger partial charge in [-0.25, -0.2) is 0 Å². The minimum absolute atomic E-state index is 0.117. The van der Waals surface area contributed by atoms with Crippen LogP contribution in [0, 0.1) is 4.77 Å². The van der Waals surface area contributed by atoms with E-state index in [1.807, 2.05) is 0 Å². The van der Waals surface area contributed by atoms with E-state index in [9.17, 15) is 4.79 Å². The number of halogens is 3. The molecule has 1 aromatic heterocycles. The van der Waals surface area contributed by atoms with Crippen LogP contribution in [0.1, 0.15) is 5.56 Å². The minimum atomic E-state index is -0.448. The molecule has 0 saturated heterocycles. The first kappa shape index (κ1) is 19.8. The number of benzene rings is 2. The van der Waals surface area contributed by atoms with Crippen molar-refractivity contribution in [1.29, 1.82) is 0 Å². The fraction of sp³-hybridized carbons (Fsp3) is 0.111. The van der Waals surface area contributed by atoms with Gasteiger partial charge in [-0.2, -0.15) is 0 Å². The third-order valence-electron chi connectivity index (χ3n) is 4.02. The second-order valence-corrected chi connectivity index (χ2v) is 7.05. The van der Waals surface area contributed by atoms with Crippen LogP contribution in [0.15, 0.2) is 29.6 Å². The van der Waals surface area contributed by atoms with Gasteiger partial charge < -0.3 is 14.5 Å². The molecule has 2 aromatic carbocycles. The van der Waals surface area contributed by atoms with E-state index in [1.165, 1.54) is 30.9 Å². The number of hydrogen-bond acceptors (Lipinski definition) is 4. The Labute approximate surface area is 174 Å². The first-order valence-electron chi connectivity index (χ1n) is 7.55. The van der Waals surface area contributed by atoms with E-state index in [1.54, 1.807) is 12.1 Å². The van der Waals surface area contributed by atoms with Crippen LogP contribution < -0.4 is 15.0 Å². The number of methoxy groups -OCH3 is 2. The van der Waals surface area contributed by atoms with Crippen LogP contribution in [0.4, 0.5) is 0 Å². The van der Waals surface area contributed by atoms with E-state index in [4.69, 9.17) is 56.5 Å². The Morgan fingerprint density at radius 2 is 1.74 bits per heavy atom. The van der Waals surface area contributed by atoms with Crippen molar-refractivity contribution >= 4 is 64.0 Å². The number of nitrogens with zero attached hydrogens (tertiary/aromatic N) is 1. The number of aromatic nitrogens is 2. The predicted molar refractivity (Wildman–Crippen MR) is 113 cm³/mol. The minimum Gasteiger partial charge on any atom is -0.496 e. The molecule has 5 nitrogen and oxygen atoms in total. The third-order valence-corrected chi connectivity index (χ3v) is 5.20. The summed E-state index contributed by atoms with van der Waals surface area (Å²) in [5, 5.41) is 0.975.